The van der Waals surface area contributed by atoms with E-state index >= 15 is 0 Å². The van der Waals surface area contributed by atoms with Crippen molar-refractivity contribution in [2.24, 2.45) is 5.92 Å². The molecule has 1 heterocycles. The van der Waals surface area contributed by atoms with Crippen LogP contribution in [0.2, 0.25) is 0 Å². The van der Waals surface area contributed by atoms with E-state index in [0.717, 1.165) is 25.2 Å². The topological polar surface area (TPSA) is 50.4 Å². The average molecular weight is 325 g/mol. The highest BCUT2D eigenvalue weighted by Crippen LogP contribution is 2.28. The SMILES string of the molecule is Cl.O=C(Nc1ccc(F)cc1OC(F)F)C1CCNCC1. The minimum atomic E-state index is -3.08. The van der Waals surface area contributed by atoms with E-state index in [-0.39, 0.29) is 35.7 Å². The first-order valence-corrected chi connectivity index (χ1v) is 6.32. The average Bonchev–Trinajstić information content (AvgIpc) is 2.42. The number of alkyl halides is 2. The van der Waals surface area contributed by atoms with Gasteiger partial charge in [-0.15, -0.1) is 12.4 Å². The summed E-state index contributed by atoms with van der Waals surface area (Å²) in [5, 5.41) is 5.65. The number of hydrogen-bond donors (Lipinski definition) is 2. The molecular weight excluding hydrogens is 309 g/mol. The van der Waals surface area contributed by atoms with E-state index in [1.807, 2.05) is 0 Å². The zero-order chi connectivity index (χ0) is 14.5. The summed E-state index contributed by atoms with van der Waals surface area (Å²) in [5.41, 5.74) is 0.0511. The molecule has 118 valence electrons. The molecule has 0 atom stereocenters. The molecule has 0 bridgehead atoms. The minimum Gasteiger partial charge on any atom is -0.432 e. The summed E-state index contributed by atoms with van der Waals surface area (Å²) in [6.45, 7) is -1.60. The molecule has 21 heavy (non-hydrogen) atoms. The second-order valence-corrected chi connectivity index (χ2v) is 4.53. The summed E-state index contributed by atoms with van der Waals surface area (Å²) in [6, 6.07) is 3.12. The number of rotatable bonds is 4. The van der Waals surface area contributed by atoms with Crippen LogP contribution in [0, 0.1) is 11.7 Å². The van der Waals surface area contributed by atoms with Gasteiger partial charge in [-0.3, -0.25) is 4.79 Å². The van der Waals surface area contributed by atoms with Crippen molar-refractivity contribution in [2.75, 3.05) is 18.4 Å². The minimum absolute atomic E-state index is 0. The molecule has 0 aliphatic carbocycles. The van der Waals surface area contributed by atoms with Crippen LogP contribution in [0.1, 0.15) is 12.8 Å². The molecule has 1 aromatic carbocycles. The number of benzene rings is 1. The van der Waals surface area contributed by atoms with Gasteiger partial charge < -0.3 is 15.4 Å². The highest BCUT2D eigenvalue weighted by atomic mass is 35.5. The second-order valence-electron chi connectivity index (χ2n) is 4.53. The summed E-state index contributed by atoms with van der Waals surface area (Å²) in [5.74, 6) is -1.53. The van der Waals surface area contributed by atoms with E-state index in [2.05, 4.69) is 15.4 Å². The number of ether oxygens (including phenoxy) is 1. The lowest BCUT2D eigenvalue weighted by molar-refractivity contribution is -0.120. The Balaban J connectivity index is 0.00000220. The number of halogens is 4. The Morgan fingerprint density at radius 1 is 1.33 bits per heavy atom. The Morgan fingerprint density at radius 3 is 2.62 bits per heavy atom. The van der Waals surface area contributed by atoms with Crippen molar-refractivity contribution in [3.8, 4) is 5.75 Å². The fourth-order valence-electron chi connectivity index (χ4n) is 2.11. The van der Waals surface area contributed by atoms with Crippen molar-refractivity contribution in [1.29, 1.82) is 0 Å². The second kappa shape index (κ2) is 8.09. The molecule has 1 amide bonds. The van der Waals surface area contributed by atoms with Crippen LogP contribution in [-0.2, 0) is 4.79 Å². The number of nitrogens with one attached hydrogen (secondary N) is 2. The lowest BCUT2D eigenvalue weighted by atomic mass is 9.97. The normalized spacial score (nSPS) is 15.4. The van der Waals surface area contributed by atoms with Gasteiger partial charge in [-0.2, -0.15) is 8.78 Å². The van der Waals surface area contributed by atoms with Crippen LogP contribution < -0.4 is 15.4 Å². The van der Waals surface area contributed by atoms with Crippen LogP contribution in [0.15, 0.2) is 18.2 Å². The van der Waals surface area contributed by atoms with Gasteiger partial charge in [-0.1, -0.05) is 0 Å². The molecule has 1 aliphatic heterocycles. The first-order valence-electron chi connectivity index (χ1n) is 6.32. The fraction of sp³-hybridized carbons (Fsp3) is 0.462. The summed E-state index contributed by atoms with van der Waals surface area (Å²) < 4.78 is 41.8. The van der Waals surface area contributed by atoms with E-state index in [1.165, 1.54) is 6.07 Å². The first-order chi connectivity index (χ1) is 9.56. The first kappa shape index (κ1) is 17.6. The molecular formula is C13H16ClF3N2O2. The van der Waals surface area contributed by atoms with Crippen molar-refractivity contribution in [1.82, 2.24) is 5.32 Å². The van der Waals surface area contributed by atoms with E-state index in [0.29, 0.717) is 12.8 Å². The lowest BCUT2D eigenvalue weighted by Gasteiger charge is -2.22. The maximum atomic E-state index is 13.0. The predicted molar refractivity (Wildman–Crippen MR) is 74.5 cm³/mol. The smallest absolute Gasteiger partial charge is 0.387 e. The molecule has 1 fully saturated rings. The summed E-state index contributed by atoms with van der Waals surface area (Å²) in [4.78, 5) is 12.0. The van der Waals surface area contributed by atoms with Crippen LogP contribution in [0.3, 0.4) is 0 Å². The van der Waals surface area contributed by atoms with Gasteiger partial charge in [-0.25, -0.2) is 4.39 Å². The maximum absolute atomic E-state index is 13.0. The van der Waals surface area contributed by atoms with Gasteiger partial charge >= 0.3 is 6.61 Å². The molecule has 8 heteroatoms. The van der Waals surface area contributed by atoms with Crippen molar-refractivity contribution in [2.45, 2.75) is 19.5 Å². The Bertz CT molecular complexity index is 482. The Kier molecular flexibility index (Phi) is 6.77. The van der Waals surface area contributed by atoms with Gasteiger partial charge in [0.05, 0.1) is 5.69 Å². The molecule has 0 unspecified atom stereocenters. The van der Waals surface area contributed by atoms with Gasteiger partial charge in [0.15, 0.2) is 5.75 Å². The number of carbonyl (C=O) groups excluding carboxylic acids is 1. The third-order valence-corrected chi connectivity index (χ3v) is 3.13. The quantitative estimate of drug-likeness (QED) is 0.895. The highest BCUT2D eigenvalue weighted by Gasteiger charge is 2.22. The van der Waals surface area contributed by atoms with Crippen LogP contribution in [0.5, 0.6) is 5.75 Å². The summed E-state index contributed by atoms with van der Waals surface area (Å²) in [6.07, 6.45) is 1.36. The van der Waals surface area contributed by atoms with Crippen molar-refractivity contribution in [3.63, 3.8) is 0 Å². The van der Waals surface area contributed by atoms with Gasteiger partial charge in [0.25, 0.3) is 0 Å². The van der Waals surface area contributed by atoms with Gasteiger partial charge in [0.2, 0.25) is 5.91 Å². The summed E-state index contributed by atoms with van der Waals surface area (Å²) in [7, 11) is 0. The van der Waals surface area contributed by atoms with Crippen LogP contribution >= 0.6 is 12.4 Å². The van der Waals surface area contributed by atoms with E-state index in [9.17, 15) is 18.0 Å². The van der Waals surface area contributed by atoms with E-state index in [1.54, 1.807) is 0 Å². The predicted octanol–water partition coefficient (Wildman–Crippen LogP) is 2.79. The molecule has 0 aromatic heterocycles. The summed E-state index contributed by atoms with van der Waals surface area (Å²) >= 11 is 0. The molecule has 0 radical (unpaired) electrons. The third-order valence-electron chi connectivity index (χ3n) is 3.13. The molecule has 1 aromatic rings. The molecule has 2 rings (SSSR count). The van der Waals surface area contributed by atoms with Gasteiger partial charge in [0.1, 0.15) is 5.82 Å². The fourth-order valence-corrected chi connectivity index (χ4v) is 2.11. The number of anilines is 1. The zero-order valence-electron chi connectivity index (χ0n) is 11.1. The van der Waals surface area contributed by atoms with Crippen molar-refractivity contribution < 1.29 is 22.7 Å². The molecule has 2 N–H and O–H groups in total. The number of amides is 1. The number of piperidine rings is 1. The largest absolute Gasteiger partial charge is 0.432 e. The molecule has 0 spiro atoms. The van der Waals surface area contributed by atoms with Gasteiger partial charge in [0, 0.05) is 12.0 Å². The van der Waals surface area contributed by atoms with E-state index < -0.39 is 12.4 Å². The lowest BCUT2D eigenvalue weighted by Crippen LogP contribution is -2.34. The highest BCUT2D eigenvalue weighted by molar-refractivity contribution is 5.94. The Morgan fingerprint density at radius 2 is 2.00 bits per heavy atom. The standard InChI is InChI=1S/C13H15F3N2O2.ClH/c14-9-1-2-10(11(7-9)20-13(15)16)18-12(19)8-3-5-17-6-4-8;/h1-2,7-8,13,17H,3-6H2,(H,18,19);1H. The van der Waals surface area contributed by atoms with Crippen molar-refractivity contribution >= 4 is 24.0 Å². The third kappa shape index (κ3) is 5.09. The maximum Gasteiger partial charge on any atom is 0.387 e. The monoisotopic (exact) mass is 324 g/mol. The van der Waals surface area contributed by atoms with Crippen LogP contribution in [0.4, 0.5) is 18.9 Å². The number of carbonyl (C=O) groups is 1. The van der Waals surface area contributed by atoms with Gasteiger partial charge in [-0.05, 0) is 38.1 Å². The zero-order valence-corrected chi connectivity index (χ0v) is 11.9. The number of hydrogen-bond acceptors (Lipinski definition) is 3. The van der Waals surface area contributed by atoms with Crippen LogP contribution in [-0.4, -0.2) is 25.6 Å². The molecule has 4 nitrogen and oxygen atoms in total. The molecule has 1 aliphatic rings. The van der Waals surface area contributed by atoms with Crippen LogP contribution in [0.25, 0.3) is 0 Å². The molecule has 0 saturated carbocycles. The van der Waals surface area contributed by atoms with Crippen molar-refractivity contribution in [3.05, 3.63) is 24.0 Å². The Labute approximate surface area is 126 Å². The van der Waals surface area contributed by atoms with E-state index in [4.69, 9.17) is 0 Å². The Hall–Kier alpha value is -1.47. The molecule has 1 saturated heterocycles.